The van der Waals surface area contributed by atoms with Gasteiger partial charge in [-0.25, -0.2) is 0 Å². The van der Waals surface area contributed by atoms with Gasteiger partial charge < -0.3 is 25.8 Å². The van der Waals surface area contributed by atoms with Gasteiger partial charge in [-0.3, -0.25) is 10.2 Å². The van der Waals surface area contributed by atoms with Crippen molar-refractivity contribution in [1.29, 1.82) is 5.41 Å². The van der Waals surface area contributed by atoms with Gasteiger partial charge in [0.05, 0.1) is 14.2 Å². The molecular weight excluding hydrogens is 332 g/mol. The maximum absolute atomic E-state index is 12.5. The molecule has 0 aromatic heterocycles. The second kappa shape index (κ2) is 8.24. The highest BCUT2D eigenvalue weighted by atomic mass is 16.5. The molecule has 0 aliphatic carbocycles. The Hall–Kier alpha value is -3.22. The van der Waals surface area contributed by atoms with Gasteiger partial charge in [0, 0.05) is 36.0 Å². The van der Waals surface area contributed by atoms with Crippen LogP contribution in [0.25, 0.3) is 0 Å². The summed E-state index contributed by atoms with van der Waals surface area (Å²) < 4.78 is 10.6. The van der Waals surface area contributed by atoms with Crippen LogP contribution in [0.15, 0.2) is 30.3 Å². The van der Waals surface area contributed by atoms with E-state index >= 15 is 0 Å². The number of hydrogen-bond acceptors (Lipinski definition) is 5. The van der Waals surface area contributed by atoms with Crippen molar-refractivity contribution < 1.29 is 14.3 Å². The van der Waals surface area contributed by atoms with Gasteiger partial charge in [-0.2, -0.15) is 0 Å². The number of benzene rings is 2. The molecule has 0 bridgehead atoms. The van der Waals surface area contributed by atoms with Crippen LogP contribution in [0.1, 0.15) is 27.0 Å². The van der Waals surface area contributed by atoms with E-state index in [0.29, 0.717) is 29.2 Å². The highest BCUT2D eigenvalue weighted by Crippen LogP contribution is 2.29. The number of nitrogen functional groups attached to an aromatic ring is 1. The lowest BCUT2D eigenvalue weighted by atomic mass is 10.1. The smallest absolute Gasteiger partial charge is 0.251 e. The number of hydrogen-bond donors (Lipinski definition) is 4. The van der Waals surface area contributed by atoms with Crippen LogP contribution in [0.4, 0.5) is 5.69 Å². The molecule has 138 valence electrons. The number of ether oxygens (including phenoxy) is 2. The van der Waals surface area contributed by atoms with Crippen LogP contribution in [0.3, 0.4) is 0 Å². The first-order valence-corrected chi connectivity index (χ1v) is 8.07. The first kappa shape index (κ1) is 19.1. The summed E-state index contributed by atoms with van der Waals surface area (Å²) in [5, 5.41) is 13.5. The second-order valence-corrected chi connectivity index (χ2v) is 5.72. The maximum atomic E-state index is 12.5. The van der Waals surface area contributed by atoms with Crippen LogP contribution >= 0.6 is 0 Å². The highest BCUT2D eigenvalue weighted by Gasteiger charge is 2.14. The first-order chi connectivity index (χ1) is 12.4. The van der Waals surface area contributed by atoms with Crippen molar-refractivity contribution in [3.8, 4) is 11.5 Å². The third kappa shape index (κ3) is 4.05. The molecule has 2 aromatic rings. The predicted octanol–water partition coefficient (Wildman–Crippen LogP) is 2.27. The SMILES string of the molecule is CNc1cc(C(=N)N)ccc1CNC(=O)c1cc(OC)c(C)c(OC)c1. The van der Waals surface area contributed by atoms with E-state index in [-0.39, 0.29) is 11.7 Å². The number of amidine groups is 1. The fraction of sp³-hybridized carbons (Fsp3) is 0.263. The molecule has 0 aliphatic heterocycles. The topological polar surface area (TPSA) is 109 Å². The van der Waals surface area contributed by atoms with Gasteiger partial charge in [-0.1, -0.05) is 12.1 Å². The Balaban J connectivity index is 2.20. The zero-order valence-electron chi connectivity index (χ0n) is 15.4. The Bertz CT molecular complexity index is 809. The van der Waals surface area contributed by atoms with E-state index in [4.69, 9.17) is 20.6 Å². The van der Waals surface area contributed by atoms with Crippen LogP contribution in [0.2, 0.25) is 0 Å². The molecule has 7 heteroatoms. The summed E-state index contributed by atoms with van der Waals surface area (Å²) in [7, 11) is 4.89. The lowest BCUT2D eigenvalue weighted by molar-refractivity contribution is 0.0950. The molecule has 0 unspecified atom stereocenters. The van der Waals surface area contributed by atoms with E-state index in [1.54, 1.807) is 45.5 Å². The minimum Gasteiger partial charge on any atom is -0.496 e. The van der Waals surface area contributed by atoms with Crippen LogP contribution in [0.5, 0.6) is 11.5 Å². The highest BCUT2D eigenvalue weighted by molar-refractivity contribution is 5.96. The van der Waals surface area contributed by atoms with Crippen molar-refractivity contribution in [2.75, 3.05) is 26.6 Å². The molecule has 2 rings (SSSR count). The zero-order chi connectivity index (χ0) is 19.3. The molecule has 7 nitrogen and oxygen atoms in total. The number of rotatable bonds is 7. The summed E-state index contributed by atoms with van der Waals surface area (Å²) in [6, 6.07) is 8.74. The molecule has 5 N–H and O–H groups in total. The maximum Gasteiger partial charge on any atom is 0.251 e. The van der Waals surface area contributed by atoms with E-state index < -0.39 is 0 Å². The molecule has 0 heterocycles. The lowest BCUT2D eigenvalue weighted by Gasteiger charge is -2.14. The van der Waals surface area contributed by atoms with E-state index in [2.05, 4.69) is 10.6 Å². The Kier molecular flexibility index (Phi) is 6.06. The summed E-state index contributed by atoms with van der Waals surface area (Å²) in [4.78, 5) is 12.5. The number of carbonyl (C=O) groups is 1. The van der Waals surface area contributed by atoms with Gasteiger partial charge in [0.2, 0.25) is 0 Å². The number of amides is 1. The molecule has 0 aliphatic rings. The van der Waals surface area contributed by atoms with Crippen LogP contribution < -0.4 is 25.8 Å². The van der Waals surface area contributed by atoms with Crippen molar-refractivity contribution >= 4 is 17.4 Å². The summed E-state index contributed by atoms with van der Waals surface area (Å²) in [5.41, 5.74) is 9.12. The van der Waals surface area contributed by atoms with Crippen molar-refractivity contribution in [1.82, 2.24) is 5.32 Å². The minimum atomic E-state index is -0.237. The second-order valence-electron chi connectivity index (χ2n) is 5.72. The molecule has 0 spiro atoms. The Morgan fingerprint density at radius 3 is 2.23 bits per heavy atom. The number of methoxy groups -OCH3 is 2. The van der Waals surface area contributed by atoms with E-state index in [9.17, 15) is 4.79 Å². The molecule has 0 fully saturated rings. The van der Waals surface area contributed by atoms with Crippen LogP contribution in [-0.4, -0.2) is 33.0 Å². The average molecular weight is 356 g/mol. The third-order valence-electron chi connectivity index (χ3n) is 4.14. The van der Waals surface area contributed by atoms with Gasteiger partial charge in [0.25, 0.3) is 5.91 Å². The molecule has 0 radical (unpaired) electrons. The quantitative estimate of drug-likeness (QED) is 0.449. The molecule has 0 atom stereocenters. The normalized spacial score (nSPS) is 10.2. The van der Waals surface area contributed by atoms with E-state index in [1.165, 1.54) is 0 Å². The number of nitrogens with two attached hydrogens (primary N) is 1. The van der Waals surface area contributed by atoms with Gasteiger partial charge in [-0.15, -0.1) is 0 Å². The standard InChI is InChI=1S/C19H24N4O3/c1-11-16(25-3)8-14(9-17(11)26-4)19(24)23-10-13-6-5-12(18(20)21)7-15(13)22-2/h5-9,22H,10H2,1-4H3,(H3,20,21)(H,23,24). The fourth-order valence-electron chi connectivity index (χ4n) is 2.63. The number of anilines is 1. The monoisotopic (exact) mass is 356 g/mol. The molecule has 2 aromatic carbocycles. The Morgan fingerprint density at radius 1 is 1.12 bits per heavy atom. The van der Waals surface area contributed by atoms with Gasteiger partial charge in [-0.05, 0) is 30.7 Å². The molecular formula is C19H24N4O3. The number of carbonyl (C=O) groups excluding carboxylic acids is 1. The zero-order valence-corrected chi connectivity index (χ0v) is 15.4. The van der Waals surface area contributed by atoms with Crippen molar-refractivity contribution in [3.63, 3.8) is 0 Å². The summed E-state index contributed by atoms with van der Waals surface area (Å²) in [6.45, 7) is 2.20. The van der Waals surface area contributed by atoms with Crippen LogP contribution in [-0.2, 0) is 6.54 Å². The van der Waals surface area contributed by atoms with Gasteiger partial charge >= 0.3 is 0 Å². The predicted molar refractivity (Wildman–Crippen MR) is 102 cm³/mol. The van der Waals surface area contributed by atoms with Gasteiger partial charge in [0.1, 0.15) is 17.3 Å². The average Bonchev–Trinajstić information content (AvgIpc) is 2.65. The third-order valence-corrected chi connectivity index (χ3v) is 4.14. The Labute approximate surface area is 153 Å². The van der Waals surface area contributed by atoms with Gasteiger partial charge in [0.15, 0.2) is 0 Å². The molecule has 0 saturated heterocycles. The lowest BCUT2D eigenvalue weighted by Crippen LogP contribution is -2.23. The molecule has 0 saturated carbocycles. The van der Waals surface area contributed by atoms with Crippen molar-refractivity contribution in [3.05, 3.63) is 52.6 Å². The molecule has 26 heavy (non-hydrogen) atoms. The summed E-state index contributed by atoms with van der Waals surface area (Å²) in [6.07, 6.45) is 0. The first-order valence-electron chi connectivity index (χ1n) is 8.07. The van der Waals surface area contributed by atoms with Crippen molar-refractivity contribution in [2.24, 2.45) is 5.73 Å². The number of nitrogens with one attached hydrogen (secondary N) is 3. The fourth-order valence-corrected chi connectivity index (χ4v) is 2.63. The Morgan fingerprint density at radius 2 is 1.73 bits per heavy atom. The molecule has 1 amide bonds. The van der Waals surface area contributed by atoms with Crippen LogP contribution in [0, 0.1) is 12.3 Å². The van der Waals surface area contributed by atoms with E-state index in [1.807, 2.05) is 13.0 Å². The largest absolute Gasteiger partial charge is 0.496 e. The summed E-state index contributed by atoms with van der Waals surface area (Å²) >= 11 is 0. The summed E-state index contributed by atoms with van der Waals surface area (Å²) in [5.74, 6) is 0.947. The minimum absolute atomic E-state index is 0.00377. The van der Waals surface area contributed by atoms with E-state index in [0.717, 1.165) is 16.8 Å². The van der Waals surface area contributed by atoms with Crippen molar-refractivity contribution in [2.45, 2.75) is 13.5 Å².